The SMILES string of the molecule is CC[C@H](C(=O)O)n1c(O)c(C=C2N=c3ccccc3=N2)sc1=S. The summed E-state index contributed by atoms with van der Waals surface area (Å²) in [5, 5.41) is 21.1. The lowest BCUT2D eigenvalue weighted by Crippen LogP contribution is -2.19. The molecule has 0 bridgehead atoms. The molecule has 1 atom stereocenters. The van der Waals surface area contributed by atoms with Gasteiger partial charge in [-0.05, 0) is 30.8 Å². The first-order valence-electron chi connectivity index (χ1n) is 6.92. The third kappa shape index (κ3) is 2.82. The molecule has 1 aliphatic rings. The summed E-state index contributed by atoms with van der Waals surface area (Å²) >= 11 is 6.34. The first-order chi connectivity index (χ1) is 11.0. The van der Waals surface area contributed by atoms with Crippen LogP contribution in [0.25, 0.3) is 6.08 Å². The zero-order chi connectivity index (χ0) is 16.6. The van der Waals surface area contributed by atoms with Gasteiger partial charge in [-0.15, -0.1) is 11.3 Å². The zero-order valence-corrected chi connectivity index (χ0v) is 13.8. The van der Waals surface area contributed by atoms with Gasteiger partial charge in [0.15, 0.2) is 9.78 Å². The first kappa shape index (κ1) is 15.6. The molecule has 0 radical (unpaired) electrons. The molecular formula is C15H13N3O3S2. The second-order valence-corrected chi connectivity index (χ2v) is 6.58. The molecule has 3 rings (SSSR count). The van der Waals surface area contributed by atoms with E-state index in [0.717, 1.165) is 22.1 Å². The van der Waals surface area contributed by atoms with Crippen LogP contribution in [0.1, 0.15) is 24.3 Å². The van der Waals surface area contributed by atoms with Crippen LogP contribution in [-0.2, 0) is 4.79 Å². The van der Waals surface area contributed by atoms with Gasteiger partial charge in [-0.1, -0.05) is 19.1 Å². The monoisotopic (exact) mass is 347 g/mol. The summed E-state index contributed by atoms with van der Waals surface area (Å²) in [4.78, 5) is 20.5. The van der Waals surface area contributed by atoms with Gasteiger partial charge in [0.1, 0.15) is 6.04 Å². The number of fused-ring (bicyclic) bond motifs is 1. The van der Waals surface area contributed by atoms with Gasteiger partial charge < -0.3 is 10.2 Å². The van der Waals surface area contributed by atoms with Crippen molar-refractivity contribution in [1.82, 2.24) is 4.57 Å². The molecule has 2 heterocycles. The van der Waals surface area contributed by atoms with Crippen molar-refractivity contribution in [3.63, 3.8) is 0 Å². The van der Waals surface area contributed by atoms with E-state index in [1.165, 1.54) is 4.57 Å². The van der Waals surface area contributed by atoms with Crippen LogP contribution in [0, 0.1) is 3.95 Å². The number of para-hydroxylation sites is 2. The Morgan fingerprint density at radius 3 is 2.52 bits per heavy atom. The molecule has 6 nitrogen and oxygen atoms in total. The molecule has 23 heavy (non-hydrogen) atoms. The third-order valence-corrected chi connectivity index (χ3v) is 4.78. The van der Waals surface area contributed by atoms with E-state index in [4.69, 9.17) is 12.2 Å². The van der Waals surface area contributed by atoms with E-state index in [2.05, 4.69) is 9.98 Å². The van der Waals surface area contributed by atoms with Gasteiger partial charge in [-0.3, -0.25) is 4.57 Å². The molecule has 1 aliphatic heterocycles. The number of thiazole rings is 1. The highest BCUT2D eigenvalue weighted by Crippen LogP contribution is 2.33. The number of carboxylic acid groups (broad SMARTS) is 1. The van der Waals surface area contributed by atoms with Gasteiger partial charge in [-0.2, -0.15) is 0 Å². The molecule has 2 N–H and O–H groups in total. The molecule has 0 spiro atoms. The Morgan fingerprint density at radius 2 is 2.00 bits per heavy atom. The van der Waals surface area contributed by atoms with Gasteiger partial charge in [-0.25, -0.2) is 14.8 Å². The molecule has 1 aromatic heterocycles. The number of hydrogen-bond acceptors (Lipinski definition) is 6. The molecule has 118 valence electrons. The Morgan fingerprint density at radius 1 is 1.39 bits per heavy atom. The number of aromatic hydroxyl groups is 1. The van der Waals surface area contributed by atoms with Crippen LogP contribution in [0.15, 0.2) is 40.1 Å². The summed E-state index contributed by atoms with van der Waals surface area (Å²) in [6.07, 6.45) is 1.94. The van der Waals surface area contributed by atoms with Gasteiger partial charge in [0, 0.05) is 6.08 Å². The van der Waals surface area contributed by atoms with Crippen molar-refractivity contribution in [2.24, 2.45) is 9.98 Å². The second-order valence-electron chi connectivity index (χ2n) is 4.90. The van der Waals surface area contributed by atoms with Crippen LogP contribution in [-0.4, -0.2) is 20.7 Å². The Bertz CT molecular complexity index is 951. The number of aliphatic carboxylic acids is 1. The first-order valence-corrected chi connectivity index (χ1v) is 8.15. The van der Waals surface area contributed by atoms with Crippen molar-refractivity contribution >= 4 is 35.6 Å². The maximum atomic E-state index is 11.3. The van der Waals surface area contributed by atoms with Crippen molar-refractivity contribution in [1.29, 1.82) is 0 Å². The summed E-state index contributed by atoms with van der Waals surface area (Å²) in [6.45, 7) is 1.73. The Kier molecular flexibility index (Phi) is 4.10. The minimum Gasteiger partial charge on any atom is -0.493 e. The van der Waals surface area contributed by atoms with Crippen LogP contribution in [0.3, 0.4) is 0 Å². The molecule has 1 aromatic carbocycles. The average Bonchev–Trinajstić information content (AvgIpc) is 3.03. The minimum atomic E-state index is -1.03. The van der Waals surface area contributed by atoms with Crippen molar-refractivity contribution < 1.29 is 15.0 Å². The van der Waals surface area contributed by atoms with E-state index >= 15 is 0 Å². The fraction of sp³-hybridized carbons (Fsp3) is 0.200. The summed E-state index contributed by atoms with van der Waals surface area (Å²) in [5.41, 5.74) is 0. The van der Waals surface area contributed by atoms with E-state index < -0.39 is 12.0 Å². The molecule has 0 saturated heterocycles. The van der Waals surface area contributed by atoms with Crippen molar-refractivity contribution in [2.75, 3.05) is 0 Å². The van der Waals surface area contributed by atoms with Crippen LogP contribution in [0.4, 0.5) is 0 Å². The predicted octanol–water partition coefficient (Wildman–Crippen LogP) is 2.27. The summed E-state index contributed by atoms with van der Waals surface area (Å²) in [5.74, 6) is -0.741. The van der Waals surface area contributed by atoms with Gasteiger partial charge >= 0.3 is 5.97 Å². The zero-order valence-electron chi connectivity index (χ0n) is 12.1. The topological polar surface area (TPSA) is 87.2 Å². The van der Waals surface area contributed by atoms with Crippen LogP contribution in [0.5, 0.6) is 5.88 Å². The molecule has 8 heteroatoms. The molecule has 0 fully saturated rings. The summed E-state index contributed by atoms with van der Waals surface area (Å²) in [7, 11) is 0. The molecule has 2 aromatic rings. The smallest absolute Gasteiger partial charge is 0.326 e. The molecule has 0 unspecified atom stereocenters. The fourth-order valence-corrected chi connectivity index (χ4v) is 3.67. The van der Waals surface area contributed by atoms with E-state index in [1.807, 2.05) is 24.3 Å². The molecule has 0 amide bonds. The van der Waals surface area contributed by atoms with Gasteiger partial charge in [0.25, 0.3) is 0 Å². The van der Waals surface area contributed by atoms with E-state index in [1.54, 1.807) is 13.0 Å². The highest BCUT2D eigenvalue weighted by atomic mass is 32.1. The lowest BCUT2D eigenvalue weighted by molar-refractivity contribution is -0.141. The van der Waals surface area contributed by atoms with E-state index in [9.17, 15) is 15.0 Å². The Hall–Kier alpha value is -2.32. The number of benzene rings is 1. The Labute approximate surface area is 140 Å². The van der Waals surface area contributed by atoms with Crippen molar-refractivity contribution in [3.8, 4) is 5.88 Å². The normalized spacial score (nSPS) is 13.9. The standard InChI is InChI=1S/C15H13N3O3S2/c1-2-10(14(20)21)18-13(19)11(23-15(18)22)7-12-16-8-5-3-4-6-9(8)17-12/h3-7,10,19H,2H2,1H3,(H,20,21)/t10-/m1/s1. The highest BCUT2D eigenvalue weighted by Gasteiger charge is 2.23. The second kappa shape index (κ2) is 6.05. The summed E-state index contributed by atoms with van der Waals surface area (Å²) < 4.78 is 1.57. The van der Waals surface area contributed by atoms with Gasteiger partial charge in [0.05, 0.1) is 15.6 Å². The van der Waals surface area contributed by atoms with E-state index in [0.29, 0.717) is 21.1 Å². The summed E-state index contributed by atoms with van der Waals surface area (Å²) in [6, 6.07) is 6.56. The molecular weight excluding hydrogens is 334 g/mol. The van der Waals surface area contributed by atoms with Crippen molar-refractivity contribution in [3.05, 3.63) is 49.6 Å². The highest BCUT2D eigenvalue weighted by molar-refractivity contribution is 7.73. The van der Waals surface area contributed by atoms with Crippen LogP contribution < -0.4 is 10.7 Å². The maximum absolute atomic E-state index is 11.3. The number of aromatic nitrogens is 1. The quantitative estimate of drug-likeness (QED) is 0.831. The lowest BCUT2D eigenvalue weighted by atomic mass is 10.2. The van der Waals surface area contributed by atoms with Crippen molar-refractivity contribution in [2.45, 2.75) is 19.4 Å². The molecule has 0 aliphatic carbocycles. The minimum absolute atomic E-state index is 0.164. The number of hydrogen-bond donors (Lipinski definition) is 2. The average molecular weight is 347 g/mol. The Balaban J connectivity index is 2.07. The van der Waals surface area contributed by atoms with Crippen LogP contribution in [0.2, 0.25) is 0 Å². The third-order valence-electron chi connectivity index (χ3n) is 3.44. The largest absolute Gasteiger partial charge is 0.493 e. The number of rotatable bonds is 4. The number of carboxylic acids is 1. The predicted molar refractivity (Wildman–Crippen MR) is 88.5 cm³/mol. The number of nitrogens with zero attached hydrogens (tertiary/aromatic N) is 3. The lowest BCUT2D eigenvalue weighted by Gasteiger charge is -2.12. The fourth-order valence-electron chi connectivity index (χ4n) is 2.34. The number of carbonyl (C=O) groups is 1. The maximum Gasteiger partial charge on any atom is 0.326 e. The molecule has 0 saturated carbocycles. The van der Waals surface area contributed by atoms with Gasteiger partial charge in [0.2, 0.25) is 5.88 Å². The van der Waals surface area contributed by atoms with Crippen LogP contribution >= 0.6 is 23.6 Å². The van der Waals surface area contributed by atoms with E-state index in [-0.39, 0.29) is 5.88 Å².